The molecule has 1 atom stereocenters. The molecule has 2 amide bonds. The van der Waals surface area contributed by atoms with Gasteiger partial charge in [-0.1, -0.05) is 0 Å². The van der Waals surface area contributed by atoms with E-state index in [9.17, 15) is 14.7 Å². The van der Waals surface area contributed by atoms with E-state index in [4.69, 9.17) is 0 Å². The number of carbonyl (C=O) groups is 2. The number of imide groups is 1. The SMILES string of the molecule is O=C1NC(=O)C(=Cc2ccnc(N3CCCC(O)C3)n2)S1. The maximum Gasteiger partial charge on any atom is 0.290 e. The number of rotatable bonds is 2. The molecule has 3 heterocycles. The molecule has 2 N–H and O–H groups in total. The number of aliphatic hydroxyl groups excluding tert-OH is 1. The molecule has 2 aliphatic rings. The number of hydrogen-bond acceptors (Lipinski definition) is 7. The highest BCUT2D eigenvalue weighted by Gasteiger charge is 2.25. The molecule has 21 heavy (non-hydrogen) atoms. The summed E-state index contributed by atoms with van der Waals surface area (Å²) in [5.41, 5.74) is 0.562. The highest BCUT2D eigenvalue weighted by atomic mass is 32.2. The number of thioether (sulfide) groups is 1. The minimum atomic E-state index is -0.404. The van der Waals surface area contributed by atoms with E-state index >= 15 is 0 Å². The Bertz CT molecular complexity index is 619. The lowest BCUT2D eigenvalue weighted by molar-refractivity contribution is -0.115. The first kappa shape index (κ1) is 14.0. The number of carbonyl (C=O) groups excluding carboxylic acids is 2. The fourth-order valence-electron chi connectivity index (χ4n) is 2.29. The summed E-state index contributed by atoms with van der Waals surface area (Å²) in [5, 5.41) is 11.5. The van der Waals surface area contributed by atoms with Gasteiger partial charge in [0.15, 0.2) is 0 Å². The minimum absolute atomic E-state index is 0.323. The molecule has 0 saturated carbocycles. The largest absolute Gasteiger partial charge is 0.391 e. The van der Waals surface area contributed by atoms with Crippen LogP contribution in [0.4, 0.5) is 10.7 Å². The second-order valence-electron chi connectivity index (χ2n) is 4.88. The van der Waals surface area contributed by atoms with Crippen molar-refractivity contribution in [3.63, 3.8) is 0 Å². The summed E-state index contributed by atoms with van der Waals surface area (Å²) in [5.74, 6) is 0.122. The highest BCUT2D eigenvalue weighted by Crippen LogP contribution is 2.25. The van der Waals surface area contributed by atoms with Crippen LogP contribution in [0.1, 0.15) is 18.5 Å². The molecule has 8 heteroatoms. The monoisotopic (exact) mass is 306 g/mol. The van der Waals surface area contributed by atoms with E-state index < -0.39 is 5.91 Å². The third-order valence-corrected chi connectivity index (χ3v) is 4.08. The number of piperidine rings is 1. The van der Waals surface area contributed by atoms with Gasteiger partial charge in [-0.25, -0.2) is 9.97 Å². The van der Waals surface area contributed by atoms with Gasteiger partial charge in [0.05, 0.1) is 16.7 Å². The van der Waals surface area contributed by atoms with Crippen molar-refractivity contribution in [2.45, 2.75) is 18.9 Å². The van der Waals surface area contributed by atoms with Crippen LogP contribution >= 0.6 is 11.8 Å². The number of anilines is 1. The van der Waals surface area contributed by atoms with Gasteiger partial charge in [-0.05, 0) is 36.7 Å². The molecule has 0 bridgehead atoms. The van der Waals surface area contributed by atoms with Crippen molar-refractivity contribution in [3.8, 4) is 0 Å². The fraction of sp³-hybridized carbons (Fsp3) is 0.385. The minimum Gasteiger partial charge on any atom is -0.391 e. The van der Waals surface area contributed by atoms with Crippen LogP contribution in [0.2, 0.25) is 0 Å². The Morgan fingerprint density at radius 3 is 3.05 bits per heavy atom. The number of aliphatic hydroxyl groups is 1. The smallest absolute Gasteiger partial charge is 0.290 e. The molecular weight excluding hydrogens is 292 g/mol. The van der Waals surface area contributed by atoms with E-state index in [-0.39, 0.29) is 11.3 Å². The average molecular weight is 306 g/mol. The lowest BCUT2D eigenvalue weighted by atomic mass is 10.1. The predicted molar refractivity (Wildman–Crippen MR) is 78.6 cm³/mol. The first-order chi connectivity index (χ1) is 10.1. The van der Waals surface area contributed by atoms with Crippen molar-refractivity contribution in [2.75, 3.05) is 18.0 Å². The Hall–Kier alpha value is -1.93. The highest BCUT2D eigenvalue weighted by molar-refractivity contribution is 8.18. The molecule has 2 saturated heterocycles. The molecule has 1 aromatic rings. The van der Waals surface area contributed by atoms with Crippen LogP contribution in [0, 0.1) is 0 Å². The summed E-state index contributed by atoms with van der Waals surface area (Å²) in [4.78, 5) is 33.5. The van der Waals surface area contributed by atoms with E-state index in [0.29, 0.717) is 23.1 Å². The summed E-state index contributed by atoms with van der Waals surface area (Å²) >= 11 is 0.858. The molecule has 1 aromatic heterocycles. The van der Waals surface area contributed by atoms with Gasteiger partial charge >= 0.3 is 0 Å². The Morgan fingerprint density at radius 2 is 2.33 bits per heavy atom. The van der Waals surface area contributed by atoms with Gasteiger partial charge in [-0.15, -0.1) is 0 Å². The Balaban J connectivity index is 1.82. The van der Waals surface area contributed by atoms with Crippen molar-refractivity contribution < 1.29 is 14.7 Å². The van der Waals surface area contributed by atoms with Crippen molar-refractivity contribution >= 4 is 34.9 Å². The summed E-state index contributed by atoms with van der Waals surface area (Å²) in [6, 6.07) is 1.67. The lowest BCUT2D eigenvalue weighted by Crippen LogP contribution is -2.39. The Morgan fingerprint density at radius 1 is 1.48 bits per heavy atom. The van der Waals surface area contributed by atoms with Gasteiger partial charge in [0.1, 0.15) is 0 Å². The predicted octanol–water partition coefficient (Wildman–Crippen LogP) is 0.762. The van der Waals surface area contributed by atoms with E-state index in [1.54, 1.807) is 18.3 Å². The first-order valence-corrected chi connectivity index (χ1v) is 7.44. The molecular formula is C13H14N4O3S. The van der Waals surface area contributed by atoms with Gasteiger partial charge in [0.25, 0.3) is 11.1 Å². The van der Waals surface area contributed by atoms with Crippen LogP contribution < -0.4 is 10.2 Å². The van der Waals surface area contributed by atoms with Crippen LogP contribution in [0.25, 0.3) is 6.08 Å². The third kappa shape index (κ3) is 3.22. The molecule has 0 radical (unpaired) electrons. The topological polar surface area (TPSA) is 95.4 Å². The summed E-state index contributed by atoms with van der Waals surface area (Å²) in [6.07, 6.45) is 4.49. The standard InChI is InChI=1S/C13H14N4O3S/c18-9-2-1-5-17(7-9)12-14-4-3-8(15-12)6-10-11(19)16-13(20)21-10/h3-4,6,9,18H,1-2,5,7H2,(H,16,19,20). The van der Waals surface area contributed by atoms with Crippen molar-refractivity contribution in [1.29, 1.82) is 0 Å². The number of β-amino-alcohol motifs (C(OH)–C–C–N with tert-alkyl or cyclic N) is 1. The van der Waals surface area contributed by atoms with E-state index in [2.05, 4.69) is 15.3 Å². The van der Waals surface area contributed by atoms with Gasteiger partial charge in [0.2, 0.25) is 5.95 Å². The molecule has 2 aliphatic heterocycles. The van der Waals surface area contributed by atoms with Crippen molar-refractivity contribution in [2.24, 2.45) is 0 Å². The summed E-state index contributed by atoms with van der Waals surface area (Å²) in [6.45, 7) is 1.30. The van der Waals surface area contributed by atoms with Crippen LogP contribution in [0.3, 0.4) is 0 Å². The number of aromatic nitrogens is 2. The molecule has 1 unspecified atom stereocenters. The normalized spacial score (nSPS) is 24.5. The van der Waals surface area contributed by atoms with Gasteiger partial charge in [-0.3, -0.25) is 14.9 Å². The first-order valence-electron chi connectivity index (χ1n) is 6.63. The molecule has 0 aromatic carbocycles. The zero-order valence-corrected chi connectivity index (χ0v) is 12.0. The number of nitrogens with one attached hydrogen (secondary N) is 1. The van der Waals surface area contributed by atoms with Crippen LogP contribution in [0.15, 0.2) is 17.2 Å². The maximum atomic E-state index is 11.5. The van der Waals surface area contributed by atoms with Crippen LogP contribution in [-0.2, 0) is 4.79 Å². The summed E-state index contributed by atoms with van der Waals surface area (Å²) in [7, 11) is 0. The van der Waals surface area contributed by atoms with E-state index in [0.717, 1.165) is 31.1 Å². The second-order valence-corrected chi connectivity index (χ2v) is 5.89. The van der Waals surface area contributed by atoms with Crippen molar-refractivity contribution in [1.82, 2.24) is 15.3 Å². The lowest BCUT2D eigenvalue weighted by Gasteiger charge is -2.30. The van der Waals surface area contributed by atoms with Gasteiger partial charge in [-0.2, -0.15) is 0 Å². The number of nitrogens with zero attached hydrogens (tertiary/aromatic N) is 3. The fourth-order valence-corrected chi connectivity index (χ4v) is 2.95. The average Bonchev–Trinajstić information content (AvgIpc) is 2.77. The van der Waals surface area contributed by atoms with E-state index in [1.807, 2.05) is 4.90 Å². The van der Waals surface area contributed by atoms with Gasteiger partial charge in [0, 0.05) is 19.3 Å². The molecule has 7 nitrogen and oxygen atoms in total. The summed E-state index contributed by atoms with van der Waals surface area (Å²) < 4.78 is 0. The quantitative estimate of drug-likeness (QED) is 0.779. The zero-order valence-electron chi connectivity index (χ0n) is 11.2. The second kappa shape index (κ2) is 5.82. The zero-order chi connectivity index (χ0) is 14.8. The third-order valence-electron chi connectivity index (χ3n) is 3.26. The van der Waals surface area contributed by atoms with E-state index in [1.165, 1.54) is 0 Å². The Kier molecular flexibility index (Phi) is 3.89. The molecule has 0 spiro atoms. The molecule has 0 aliphatic carbocycles. The van der Waals surface area contributed by atoms with Crippen molar-refractivity contribution in [3.05, 3.63) is 22.9 Å². The number of amides is 2. The van der Waals surface area contributed by atoms with Gasteiger partial charge < -0.3 is 10.0 Å². The van der Waals surface area contributed by atoms with Crippen LogP contribution in [0.5, 0.6) is 0 Å². The number of hydrogen-bond donors (Lipinski definition) is 2. The molecule has 110 valence electrons. The van der Waals surface area contributed by atoms with Crippen LogP contribution in [-0.4, -0.2) is 45.4 Å². The Labute approximate surface area is 125 Å². The molecule has 2 fully saturated rings. The molecule has 3 rings (SSSR count). The maximum absolute atomic E-state index is 11.5.